The third-order valence-corrected chi connectivity index (χ3v) is 2.11. The molecular weight excluding hydrogens is 226 g/mol. The number of aldehydes is 1. The molecular formula is C11H13NO5. The minimum atomic E-state index is -0.606. The van der Waals surface area contributed by atoms with Crippen LogP contribution in [0, 0.1) is 10.1 Å². The highest BCUT2D eigenvalue weighted by atomic mass is 16.6. The number of aliphatic hydroxyl groups excluding tert-OH is 1. The van der Waals surface area contributed by atoms with Gasteiger partial charge in [-0.25, -0.2) is 0 Å². The van der Waals surface area contributed by atoms with Gasteiger partial charge in [-0.3, -0.25) is 14.9 Å². The molecule has 92 valence electrons. The van der Waals surface area contributed by atoms with Crippen LogP contribution in [-0.4, -0.2) is 22.4 Å². The highest BCUT2D eigenvalue weighted by molar-refractivity contribution is 5.80. The van der Waals surface area contributed by atoms with Crippen LogP contribution in [0.15, 0.2) is 12.1 Å². The average Bonchev–Trinajstić information content (AvgIpc) is 2.27. The Kier molecular flexibility index (Phi) is 4.17. The summed E-state index contributed by atoms with van der Waals surface area (Å²) in [6, 6.07) is 2.49. The zero-order valence-corrected chi connectivity index (χ0v) is 9.54. The highest BCUT2D eigenvalue weighted by Crippen LogP contribution is 2.33. The Morgan fingerprint density at radius 2 is 2.18 bits per heavy atom. The molecule has 0 aliphatic heterocycles. The van der Waals surface area contributed by atoms with Crippen molar-refractivity contribution in [2.75, 3.05) is 0 Å². The summed E-state index contributed by atoms with van der Waals surface area (Å²) in [4.78, 5) is 21.0. The van der Waals surface area contributed by atoms with E-state index in [1.165, 1.54) is 12.1 Å². The monoisotopic (exact) mass is 239 g/mol. The molecule has 0 amide bonds. The number of carbonyl (C=O) groups is 1. The van der Waals surface area contributed by atoms with Crippen molar-refractivity contribution in [2.45, 2.75) is 26.6 Å². The topological polar surface area (TPSA) is 89.7 Å². The summed E-state index contributed by atoms with van der Waals surface area (Å²) < 4.78 is 5.31. The van der Waals surface area contributed by atoms with Gasteiger partial charge in [0.25, 0.3) is 0 Å². The lowest BCUT2D eigenvalue weighted by atomic mass is 10.1. The number of benzene rings is 1. The molecule has 0 unspecified atom stereocenters. The smallest absolute Gasteiger partial charge is 0.311 e. The summed E-state index contributed by atoms with van der Waals surface area (Å²) in [6.45, 7) is 2.93. The van der Waals surface area contributed by atoms with Crippen molar-refractivity contribution in [2.24, 2.45) is 0 Å². The van der Waals surface area contributed by atoms with Gasteiger partial charge < -0.3 is 9.84 Å². The largest absolute Gasteiger partial charge is 0.484 e. The molecule has 0 fully saturated rings. The van der Waals surface area contributed by atoms with E-state index in [1.807, 2.05) is 0 Å². The number of nitro groups is 1. The zero-order valence-electron chi connectivity index (χ0n) is 9.54. The normalized spacial score (nSPS) is 10.4. The second-order valence-electron chi connectivity index (χ2n) is 3.68. The summed E-state index contributed by atoms with van der Waals surface area (Å²) in [5.41, 5.74) is 0.0741. The third kappa shape index (κ3) is 2.79. The van der Waals surface area contributed by atoms with Gasteiger partial charge >= 0.3 is 5.69 Å². The summed E-state index contributed by atoms with van der Waals surface area (Å²) >= 11 is 0. The summed E-state index contributed by atoms with van der Waals surface area (Å²) in [5, 5.41) is 20.0. The first-order valence-electron chi connectivity index (χ1n) is 5.04. The number of nitro benzene ring substituents is 1. The molecule has 1 rings (SSSR count). The second-order valence-corrected chi connectivity index (χ2v) is 3.68. The molecule has 1 aromatic carbocycles. The fourth-order valence-corrected chi connectivity index (χ4v) is 1.42. The predicted molar refractivity (Wildman–Crippen MR) is 60.2 cm³/mol. The van der Waals surface area contributed by atoms with Crippen LogP contribution >= 0.6 is 0 Å². The van der Waals surface area contributed by atoms with Gasteiger partial charge in [-0.1, -0.05) is 0 Å². The first-order chi connectivity index (χ1) is 8.01. The number of ether oxygens (including phenoxy) is 1. The Labute approximate surface area is 98.0 Å². The predicted octanol–water partition coefficient (Wildman–Crippen LogP) is 1.69. The molecule has 0 bridgehead atoms. The Balaban J connectivity index is 3.43. The molecule has 1 aromatic rings. The van der Waals surface area contributed by atoms with Gasteiger partial charge in [0.1, 0.15) is 0 Å². The lowest BCUT2D eigenvalue weighted by molar-refractivity contribution is -0.386. The highest BCUT2D eigenvalue weighted by Gasteiger charge is 2.22. The number of rotatable bonds is 5. The Morgan fingerprint density at radius 1 is 1.53 bits per heavy atom. The maximum absolute atomic E-state index is 10.8. The van der Waals surface area contributed by atoms with Crippen LogP contribution in [0.3, 0.4) is 0 Å². The first-order valence-corrected chi connectivity index (χ1v) is 5.04. The Bertz CT molecular complexity index is 442. The van der Waals surface area contributed by atoms with E-state index in [0.29, 0.717) is 6.29 Å². The van der Waals surface area contributed by atoms with E-state index in [0.717, 1.165) is 0 Å². The molecule has 0 saturated carbocycles. The van der Waals surface area contributed by atoms with Crippen molar-refractivity contribution in [3.63, 3.8) is 0 Å². The SMILES string of the molecule is CC(C)Oc1c([N+](=O)[O-])ccc(C=O)c1CO. The summed E-state index contributed by atoms with van der Waals surface area (Å²) in [6.07, 6.45) is 0.239. The van der Waals surface area contributed by atoms with Gasteiger partial charge in [-0.2, -0.15) is 0 Å². The minimum Gasteiger partial charge on any atom is -0.484 e. The van der Waals surface area contributed by atoms with Gasteiger partial charge in [-0.15, -0.1) is 0 Å². The number of aliphatic hydroxyl groups is 1. The maximum Gasteiger partial charge on any atom is 0.311 e. The van der Waals surface area contributed by atoms with E-state index in [1.54, 1.807) is 13.8 Å². The molecule has 0 aromatic heterocycles. The zero-order chi connectivity index (χ0) is 13.0. The lowest BCUT2D eigenvalue weighted by Crippen LogP contribution is -2.11. The van der Waals surface area contributed by atoms with E-state index < -0.39 is 11.5 Å². The first kappa shape index (κ1) is 13.1. The van der Waals surface area contributed by atoms with Crippen molar-refractivity contribution in [1.82, 2.24) is 0 Å². The number of nitrogens with zero attached hydrogens (tertiary/aromatic N) is 1. The van der Waals surface area contributed by atoms with Gasteiger partial charge in [0.15, 0.2) is 6.29 Å². The van der Waals surface area contributed by atoms with Crippen LogP contribution in [0.5, 0.6) is 5.75 Å². The Hall–Kier alpha value is -1.95. The molecule has 0 aliphatic carbocycles. The van der Waals surface area contributed by atoms with Crippen molar-refractivity contribution in [1.29, 1.82) is 0 Å². The van der Waals surface area contributed by atoms with Crippen LogP contribution in [0.25, 0.3) is 0 Å². The molecule has 0 heterocycles. The molecule has 0 radical (unpaired) electrons. The van der Waals surface area contributed by atoms with Crippen LogP contribution < -0.4 is 4.74 Å². The number of carbonyl (C=O) groups excluding carboxylic acids is 1. The lowest BCUT2D eigenvalue weighted by Gasteiger charge is -2.14. The second kappa shape index (κ2) is 5.40. The van der Waals surface area contributed by atoms with Gasteiger partial charge in [0.05, 0.1) is 17.6 Å². The number of hydrogen-bond donors (Lipinski definition) is 1. The van der Waals surface area contributed by atoms with Crippen LogP contribution in [0.1, 0.15) is 29.8 Å². The fraction of sp³-hybridized carbons (Fsp3) is 0.364. The molecule has 0 saturated heterocycles. The third-order valence-electron chi connectivity index (χ3n) is 2.11. The van der Waals surface area contributed by atoms with E-state index in [2.05, 4.69) is 0 Å². The molecule has 1 N–H and O–H groups in total. The van der Waals surface area contributed by atoms with E-state index >= 15 is 0 Å². The van der Waals surface area contributed by atoms with Crippen LogP contribution in [-0.2, 0) is 6.61 Å². The van der Waals surface area contributed by atoms with E-state index in [4.69, 9.17) is 4.74 Å². The molecule has 0 atom stereocenters. The van der Waals surface area contributed by atoms with Gasteiger partial charge in [-0.05, 0) is 19.9 Å². The molecule has 0 aliphatic rings. The Morgan fingerprint density at radius 3 is 2.59 bits per heavy atom. The van der Waals surface area contributed by atoms with Crippen molar-refractivity contribution in [3.8, 4) is 5.75 Å². The summed E-state index contributed by atoms with van der Waals surface area (Å²) in [7, 11) is 0. The molecule has 17 heavy (non-hydrogen) atoms. The van der Waals surface area contributed by atoms with E-state index in [-0.39, 0.29) is 28.7 Å². The standard InChI is InChI=1S/C11H13NO5/c1-7(2)17-11-9(6-14)8(5-13)3-4-10(11)12(15)16/h3-5,7,14H,6H2,1-2H3. The van der Waals surface area contributed by atoms with Crippen molar-refractivity contribution < 1.29 is 19.6 Å². The van der Waals surface area contributed by atoms with Gasteiger partial charge in [0.2, 0.25) is 5.75 Å². The van der Waals surface area contributed by atoms with Crippen molar-refractivity contribution in [3.05, 3.63) is 33.4 Å². The molecule has 6 heteroatoms. The van der Waals surface area contributed by atoms with Crippen LogP contribution in [0.2, 0.25) is 0 Å². The molecule has 0 spiro atoms. The number of hydrogen-bond acceptors (Lipinski definition) is 5. The quantitative estimate of drug-likeness (QED) is 0.479. The maximum atomic E-state index is 10.8. The average molecular weight is 239 g/mol. The molecule has 6 nitrogen and oxygen atoms in total. The minimum absolute atomic E-state index is 0.0444. The summed E-state index contributed by atoms with van der Waals surface area (Å²) in [5.74, 6) is -0.0444. The van der Waals surface area contributed by atoms with Crippen LogP contribution in [0.4, 0.5) is 5.69 Å². The van der Waals surface area contributed by atoms with Gasteiger partial charge in [0, 0.05) is 17.2 Å². The van der Waals surface area contributed by atoms with E-state index in [9.17, 15) is 20.0 Å². The fourth-order valence-electron chi connectivity index (χ4n) is 1.42. The van der Waals surface area contributed by atoms with Crippen molar-refractivity contribution >= 4 is 12.0 Å².